The van der Waals surface area contributed by atoms with Gasteiger partial charge in [-0.25, -0.2) is 0 Å². The van der Waals surface area contributed by atoms with E-state index in [1.807, 2.05) is 19.1 Å². The minimum Gasteiger partial charge on any atom is -0.366 e. The summed E-state index contributed by atoms with van der Waals surface area (Å²) < 4.78 is 2.29. The van der Waals surface area contributed by atoms with Crippen LogP contribution in [0.2, 0.25) is 0 Å². The highest BCUT2D eigenvalue weighted by Gasteiger charge is 2.32. The summed E-state index contributed by atoms with van der Waals surface area (Å²) in [5, 5.41) is 8.94. The zero-order valence-corrected chi connectivity index (χ0v) is 12.9. The number of hydrogen-bond donors (Lipinski definition) is 1. The molecular formula is C18H19N3O. The molecule has 1 amide bonds. The lowest BCUT2D eigenvalue weighted by molar-refractivity contribution is 0.1000. The van der Waals surface area contributed by atoms with Crippen LogP contribution in [-0.2, 0) is 6.42 Å². The Balaban J connectivity index is 2.26. The van der Waals surface area contributed by atoms with E-state index in [0.29, 0.717) is 17.2 Å². The molecule has 0 spiro atoms. The van der Waals surface area contributed by atoms with Gasteiger partial charge >= 0.3 is 0 Å². The van der Waals surface area contributed by atoms with E-state index >= 15 is 0 Å². The summed E-state index contributed by atoms with van der Waals surface area (Å²) in [6.45, 7) is 4.08. The van der Waals surface area contributed by atoms with Gasteiger partial charge in [0.2, 0.25) is 0 Å². The third kappa shape index (κ3) is 2.19. The number of nitriles is 1. The predicted octanol–water partition coefficient (Wildman–Crippen LogP) is 3.33. The number of amides is 1. The van der Waals surface area contributed by atoms with Crippen LogP contribution in [0, 0.1) is 18.3 Å². The molecular weight excluding hydrogens is 274 g/mol. The Morgan fingerprint density at radius 2 is 2.00 bits per heavy atom. The highest BCUT2D eigenvalue weighted by molar-refractivity contribution is 6.02. The largest absolute Gasteiger partial charge is 0.366 e. The number of nitrogens with zero attached hydrogens (tertiary/aromatic N) is 2. The number of carbonyl (C=O) groups excluding carboxylic acids is 1. The molecule has 1 fully saturated rings. The van der Waals surface area contributed by atoms with Gasteiger partial charge in [0.15, 0.2) is 0 Å². The van der Waals surface area contributed by atoms with Crippen molar-refractivity contribution in [3.8, 4) is 17.2 Å². The summed E-state index contributed by atoms with van der Waals surface area (Å²) >= 11 is 0. The van der Waals surface area contributed by atoms with Crippen LogP contribution in [0.25, 0.3) is 11.1 Å². The Morgan fingerprint density at radius 1 is 1.36 bits per heavy atom. The van der Waals surface area contributed by atoms with Gasteiger partial charge in [-0.3, -0.25) is 4.79 Å². The molecule has 0 bridgehead atoms. The van der Waals surface area contributed by atoms with Crippen molar-refractivity contribution in [2.75, 3.05) is 0 Å². The zero-order valence-electron chi connectivity index (χ0n) is 12.9. The van der Waals surface area contributed by atoms with Crippen molar-refractivity contribution in [1.82, 2.24) is 4.57 Å². The number of aromatic nitrogens is 1. The average Bonchev–Trinajstić information content (AvgIpc) is 3.30. The zero-order chi connectivity index (χ0) is 15.9. The van der Waals surface area contributed by atoms with Crippen molar-refractivity contribution < 1.29 is 4.79 Å². The molecule has 0 radical (unpaired) electrons. The van der Waals surface area contributed by atoms with Crippen molar-refractivity contribution in [3.05, 3.63) is 46.8 Å². The molecule has 2 aromatic rings. The fourth-order valence-corrected chi connectivity index (χ4v) is 3.27. The molecule has 1 heterocycles. The highest BCUT2D eigenvalue weighted by Crippen LogP contribution is 2.43. The topological polar surface area (TPSA) is 71.8 Å². The summed E-state index contributed by atoms with van der Waals surface area (Å²) in [7, 11) is 0. The third-order valence-electron chi connectivity index (χ3n) is 4.35. The molecule has 2 N–H and O–H groups in total. The second kappa shape index (κ2) is 5.34. The van der Waals surface area contributed by atoms with E-state index < -0.39 is 0 Å². The van der Waals surface area contributed by atoms with Crippen LogP contribution in [0.15, 0.2) is 24.3 Å². The number of rotatable bonds is 4. The minimum absolute atomic E-state index is 0.383. The van der Waals surface area contributed by atoms with E-state index in [1.54, 1.807) is 12.1 Å². The summed E-state index contributed by atoms with van der Waals surface area (Å²) in [5.41, 5.74) is 10.9. The summed E-state index contributed by atoms with van der Waals surface area (Å²) in [5.74, 6) is -0.383. The lowest BCUT2D eigenvalue weighted by atomic mass is 9.98. The van der Waals surface area contributed by atoms with Crippen molar-refractivity contribution in [2.24, 2.45) is 5.73 Å². The van der Waals surface area contributed by atoms with Gasteiger partial charge in [0, 0.05) is 23.0 Å². The molecule has 0 aliphatic heterocycles. The first-order valence-electron chi connectivity index (χ1n) is 7.62. The molecule has 112 valence electrons. The van der Waals surface area contributed by atoms with Gasteiger partial charge in [0.1, 0.15) is 0 Å². The molecule has 4 nitrogen and oxygen atoms in total. The summed E-state index contributed by atoms with van der Waals surface area (Å²) in [6.07, 6.45) is 3.17. The van der Waals surface area contributed by atoms with Gasteiger partial charge in [-0.2, -0.15) is 5.26 Å². The predicted molar refractivity (Wildman–Crippen MR) is 85.5 cm³/mol. The van der Waals surface area contributed by atoms with Gasteiger partial charge < -0.3 is 10.3 Å². The van der Waals surface area contributed by atoms with Gasteiger partial charge in [-0.05, 0) is 43.9 Å². The molecule has 0 unspecified atom stereocenters. The van der Waals surface area contributed by atoms with E-state index in [1.165, 1.54) is 5.69 Å². The van der Waals surface area contributed by atoms with E-state index in [9.17, 15) is 4.79 Å². The first-order valence-corrected chi connectivity index (χ1v) is 7.62. The molecule has 0 saturated heterocycles. The van der Waals surface area contributed by atoms with Crippen molar-refractivity contribution >= 4 is 5.91 Å². The maximum atomic E-state index is 12.0. The molecule has 0 atom stereocenters. The van der Waals surface area contributed by atoms with E-state index in [2.05, 4.69) is 17.6 Å². The highest BCUT2D eigenvalue weighted by atomic mass is 16.1. The first kappa shape index (κ1) is 14.4. The van der Waals surface area contributed by atoms with Crippen molar-refractivity contribution in [2.45, 2.75) is 39.2 Å². The van der Waals surface area contributed by atoms with Crippen LogP contribution < -0.4 is 5.73 Å². The average molecular weight is 293 g/mol. The molecule has 1 aromatic carbocycles. The van der Waals surface area contributed by atoms with Crippen molar-refractivity contribution in [1.29, 1.82) is 5.26 Å². The third-order valence-corrected chi connectivity index (χ3v) is 4.35. The van der Waals surface area contributed by atoms with Gasteiger partial charge in [-0.15, -0.1) is 0 Å². The quantitative estimate of drug-likeness (QED) is 0.939. The Kier molecular flexibility index (Phi) is 3.50. The number of hydrogen-bond acceptors (Lipinski definition) is 2. The smallest absolute Gasteiger partial charge is 0.251 e. The Morgan fingerprint density at radius 3 is 2.45 bits per heavy atom. The molecule has 1 aliphatic carbocycles. The first-order chi connectivity index (χ1) is 10.6. The molecule has 4 heteroatoms. The SMILES string of the molecule is CCc1c(-c2ccc(C#N)cc2)c(C(N)=O)c(C)n1C1CC1. The van der Waals surface area contributed by atoms with Crippen LogP contribution in [0.5, 0.6) is 0 Å². The standard InChI is InChI=1S/C18H19N3O/c1-3-15-17(13-6-4-12(10-19)5-7-13)16(18(20)22)11(2)21(15)14-8-9-14/h4-7,14H,3,8-9H2,1-2H3,(H2,20,22). The summed E-state index contributed by atoms with van der Waals surface area (Å²) in [6, 6.07) is 9.98. The maximum absolute atomic E-state index is 12.0. The normalized spacial score (nSPS) is 13.9. The van der Waals surface area contributed by atoms with Crippen LogP contribution in [0.4, 0.5) is 0 Å². The van der Waals surface area contributed by atoms with Gasteiger partial charge in [0.25, 0.3) is 5.91 Å². The Labute approximate surface area is 130 Å². The second-order valence-corrected chi connectivity index (χ2v) is 5.79. The van der Waals surface area contributed by atoms with E-state index in [4.69, 9.17) is 11.0 Å². The molecule has 1 aliphatic rings. The van der Waals surface area contributed by atoms with Gasteiger partial charge in [-0.1, -0.05) is 19.1 Å². The second-order valence-electron chi connectivity index (χ2n) is 5.79. The fraction of sp³-hybridized carbons (Fsp3) is 0.333. The Hall–Kier alpha value is -2.54. The lowest BCUT2D eigenvalue weighted by Crippen LogP contribution is -2.13. The van der Waals surface area contributed by atoms with E-state index in [0.717, 1.165) is 36.1 Å². The number of carbonyl (C=O) groups is 1. The van der Waals surface area contributed by atoms with Crippen LogP contribution >= 0.6 is 0 Å². The maximum Gasteiger partial charge on any atom is 0.251 e. The van der Waals surface area contributed by atoms with Crippen molar-refractivity contribution in [3.63, 3.8) is 0 Å². The minimum atomic E-state index is -0.383. The number of primary amides is 1. The van der Waals surface area contributed by atoms with Crippen LogP contribution in [0.3, 0.4) is 0 Å². The molecule has 1 saturated carbocycles. The molecule has 3 rings (SSSR count). The summed E-state index contributed by atoms with van der Waals surface area (Å²) in [4.78, 5) is 12.0. The van der Waals surface area contributed by atoms with Crippen LogP contribution in [-0.4, -0.2) is 10.5 Å². The number of benzene rings is 1. The van der Waals surface area contributed by atoms with E-state index in [-0.39, 0.29) is 5.91 Å². The Bertz CT molecular complexity index is 774. The fourth-order valence-electron chi connectivity index (χ4n) is 3.27. The molecule has 1 aromatic heterocycles. The van der Waals surface area contributed by atoms with Crippen LogP contribution in [0.1, 0.15) is 53.1 Å². The monoisotopic (exact) mass is 293 g/mol. The number of nitrogens with two attached hydrogens (primary N) is 1. The molecule has 22 heavy (non-hydrogen) atoms. The lowest BCUT2D eigenvalue weighted by Gasteiger charge is -2.10. The van der Waals surface area contributed by atoms with Gasteiger partial charge in [0.05, 0.1) is 17.2 Å².